The zero-order valence-electron chi connectivity index (χ0n) is 19.6. The Labute approximate surface area is 195 Å². The molecule has 5 rings (SSSR count). The van der Waals surface area contributed by atoms with Gasteiger partial charge in [0, 0.05) is 18.5 Å². The number of carbonyl (C=O) groups is 1. The predicted molar refractivity (Wildman–Crippen MR) is 123 cm³/mol. The molecule has 2 heterocycles. The number of amides is 1. The summed E-state index contributed by atoms with van der Waals surface area (Å²) in [4.78, 5) is 25.5. The minimum atomic E-state index is -0.796. The molecule has 0 radical (unpaired) electrons. The van der Waals surface area contributed by atoms with Crippen LogP contribution in [0.2, 0.25) is 0 Å². The summed E-state index contributed by atoms with van der Waals surface area (Å²) in [7, 11) is 0. The SMILES string of the molecule is CC12CCC(C(=O)N3CCC(Cc4ccccc4)CC3)(c3nc(C#N)c(C#N)nc31)C2(C)C. The Balaban J connectivity index is 1.45. The molecule has 2 aromatic rings. The van der Waals surface area contributed by atoms with Gasteiger partial charge in [0.05, 0.1) is 16.8 Å². The van der Waals surface area contributed by atoms with Gasteiger partial charge in [-0.2, -0.15) is 10.5 Å². The van der Waals surface area contributed by atoms with Crippen molar-refractivity contribution in [3.05, 3.63) is 58.7 Å². The van der Waals surface area contributed by atoms with Crippen LogP contribution in [0.15, 0.2) is 30.3 Å². The summed E-state index contributed by atoms with van der Waals surface area (Å²) in [5, 5.41) is 19.1. The minimum absolute atomic E-state index is 0.0249. The van der Waals surface area contributed by atoms with E-state index in [1.54, 1.807) is 0 Å². The van der Waals surface area contributed by atoms with Gasteiger partial charge in [-0.25, -0.2) is 9.97 Å². The molecular weight excluding hydrogens is 410 g/mol. The molecule has 0 N–H and O–H groups in total. The number of rotatable bonds is 3. The van der Waals surface area contributed by atoms with Gasteiger partial charge in [0.15, 0.2) is 11.4 Å². The van der Waals surface area contributed by atoms with Gasteiger partial charge in [0.25, 0.3) is 0 Å². The lowest BCUT2D eigenvalue weighted by Gasteiger charge is -2.44. The van der Waals surface area contributed by atoms with E-state index in [-0.39, 0.29) is 22.7 Å². The molecule has 168 valence electrons. The molecule has 3 aliphatic rings. The van der Waals surface area contributed by atoms with Gasteiger partial charge in [-0.05, 0) is 49.0 Å². The van der Waals surface area contributed by atoms with E-state index in [4.69, 9.17) is 0 Å². The van der Waals surface area contributed by atoms with Crippen LogP contribution in [0.3, 0.4) is 0 Å². The van der Waals surface area contributed by atoms with Crippen LogP contribution in [-0.2, 0) is 22.0 Å². The van der Waals surface area contributed by atoms with Gasteiger partial charge in [-0.15, -0.1) is 0 Å². The second-order valence-corrected chi connectivity index (χ2v) is 10.6. The predicted octanol–water partition coefficient (Wildman–Crippen LogP) is 4.03. The molecule has 6 heteroatoms. The van der Waals surface area contributed by atoms with Crippen molar-refractivity contribution in [1.29, 1.82) is 10.5 Å². The van der Waals surface area contributed by atoms with Crippen LogP contribution in [-0.4, -0.2) is 33.9 Å². The minimum Gasteiger partial charge on any atom is -0.342 e. The first-order valence-corrected chi connectivity index (χ1v) is 11.8. The summed E-state index contributed by atoms with van der Waals surface area (Å²) < 4.78 is 0. The van der Waals surface area contributed by atoms with Crippen molar-refractivity contribution in [2.75, 3.05) is 13.1 Å². The quantitative estimate of drug-likeness (QED) is 0.720. The molecule has 6 nitrogen and oxygen atoms in total. The van der Waals surface area contributed by atoms with Gasteiger partial charge < -0.3 is 4.90 Å². The van der Waals surface area contributed by atoms with E-state index in [0.717, 1.165) is 44.5 Å². The van der Waals surface area contributed by atoms with Gasteiger partial charge in [0.2, 0.25) is 5.91 Å². The van der Waals surface area contributed by atoms with Crippen LogP contribution in [0.1, 0.15) is 74.8 Å². The van der Waals surface area contributed by atoms with Crippen molar-refractivity contribution in [2.45, 2.75) is 63.7 Å². The summed E-state index contributed by atoms with van der Waals surface area (Å²) in [5.74, 6) is 0.700. The van der Waals surface area contributed by atoms with E-state index >= 15 is 0 Å². The van der Waals surface area contributed by atoms with E-state index < -0.39 is 10.8 Å². The lowest BCUT2D eigenvalue weighted by atomic mass is 9.63. The van der Waals surface area contributed by atoms with Crippen LogP contribution in [0.25, 0.3) is 0 Å². The fourth-order valence-electron chi connectivity index (χ4n) is 6.67. The molecule has 2 aliphatic carbocycles. The Hall–Kier alpha value is -3.25. The molecule has 2 fully saturated rings. The highest BCUT2D eigenvalue weighted by molar-refractivity contribution is 5.92. The number of aromatic nitrogens is 2. The zero-order chi connectivity index (χ0) is 23.4. The number of nitriles is 2. The molecule has 1 aromatic heterocycles. The van der Waals surface area contributed by atoms with Crippen molar-refractivity contribution in [2.24, 2.45) is 11.3 Å². The number of fused-ring (bicyclic) bond motifs is 5. The first kappa shape index (κ1) is 21.6. The highest BCUT2D eigenvalue weighted by Gasteiger charge is 2.73. The molecule has 1 saturated carbocycles. The third kappa shape index (κ3) is 2.80. The van der Waals surface area contributed by atoms with Crippen molar-refractivity contribution in [1.82, 2.24) is 14.9 Å². The van der Waals surface area contributed by atoms with E-state index in [2.05, 4.69) is 55.0 Å². The van der Waals surface area contributed by atoms with Crippen LogP contribution < -0.4 is 0 Å². The fourth-order valence-corrected chi connectivity index (χ4v) is 6.67. The zero-order valence-corrected chi connectivity index (χ0v) is 19.6. The largest absolute Gasteiger partial charge is 0.342 e. The molecule has 1 aromatic carbocycles. The molecule has 2 bridgehead atoms. The van der Waals surface area contributed by atoms with E-state index in [0.29, 0.717) is 18.0 Å². The Kier molecular flexibility index (Phi) is 4.83. The van der Waals surface area contributed by atoms with Crippen molar-refractivity contribution in [3.63, 3.8) is 0 Å². The number of hydrogen-bond donors (Lipinski definition) is 0. The molecule has 2 unspecified atom stereocenters. The number of nitrogens with zero attached hydrogens (tertiary/aromatic N) is 5. The van der Waals surface area contributed by atoms with Gasteiger partial charge in [-0.1, -0.05) is 51.1 Å². The summed E-state index contributed by atoms with van der Waals surface area (Å²) in [6, 6.07) is 14.6. The van der Waals surface area contributed by atoms with E-state index in [1.165, 1.54) is 5.56 Å². The number of benzene rings is 1. The highest BCUT2D eigenvalue weighted by atomic mass is 16.2. The lowest BCUT2D eigenvalue weighted by molar-refractivity contribution is -0.143. The summed E-state index contributed by atoms with van der Waals surface area (Å²) in [6.07, 6.45) is 4.56. The Morgan fingerprint density at radius 1 is 1.00 bits per heavy atom. The molecule has 0 spiro atoms. The Bertz CT molecular complexity index is 1200. The number of piperidine rings is 1. The smallest absolute Gasteiger partial charge is 0.235 e. The monoisotopic (exact) mass is 439 g/mol. The summed E-state index contributed by atoms with van der Waals surface area (Å²) in [6.45, 7) is 7.91. The Morgan fingerprint density at radius 2 is 1.61 bits per heavy atom. The van der Waals surface area contributed by atoms with Gasteiger partial charge >= 0.3 is 0 Å². The third-order valence-corrected chi connectivity index (χ3v) is 9.11. The maximum atomic E-state index is 14.2. The molecule has 1 aliphatic heterocycles. The molecule has 2 atom stereocenters. The second-order valence-electron chi connectivity index (χ2n) is 10.6. The van der Waals surface area contributed by atoms with Crippen LogP contribution in [0.4, 0.5) is 0 Å². The third-order valence-electron chi connectivity index (χ3n) is 9.11. The average Bonchev–Trinajstić information content (AvgIpc) is 3.13. The number of carbonyl (C=O) groups excluding carboxylic acids is 1. The molecular formula is C27H29N5O. The van der Waals surface area contributed by atoms with Crippen molar-refractivity contribution >= 4 is 5.91 Å². The molecule has 1 saturated heterocycles. The number of hydrogen-bond acceptors (Lipinski definition) is 5. The van der Waals surface area contributed by atoms with E-state index in [1.807, 2.05) is 23.1 Å². The number of likely N-dealkylation sites (tertiary alicyclic amines) is 1. The maximum Gasteiger partial charge on any atom is 0.235 e. The lowest BCUT2D eigenvalue weighted by Crippen LogP contribution is -2.54. The van der Waals surface area contributed by atoms with E-state index in [9.17, 15) is 15.3 Å². The van der Waals surface area contributed by atoms with Gasteiger partial charge in [0.1, 0.15) is 12.1 Å². The van der Waals surface area contributed by atoms with Crippen molar-refractivity contribution < 1.29 is 4.79 Å². The first-order valence-electron chi connectivity index (χ1n) is 11.8. The highest BCUT2D eigenvalue weighted by Crippen LogP contribution is 2.70. The summed E-state index contributed by atoms with van der Waals surface area (Å²) in [5.41, 5.74) is 1.26. The van der Waals surface area contributed by atoms with Crippen LogP contribution in [0.5, 0.6) is 0 Å². The van der Waals surface area contributed by atoms with Crippen LogP contribution >= 0.6 is 0 Å². The fraction of sp³-hybridized carbons (Fsp3) is 0.519. The van der Waals surface area contributed by atoms with Crippen LogP contribution in [0, 0.1) is 34.0 Å². The molecule has 1 amide bonds. The van der Waals surface area contributed by atoms with Crippen molar-refractivity contribution in [3.8, 4) is 12.1 Å². The standard InChI is InChI=1S/C27H29N5O/c1-25(2)26(3)11-12-27(25,23-22(26)30-20(16-28)21(17-29)31-23)24(33)32-13-9-19(10-14-32)15-18-7-5-4-6-8-18/h4-8,19H,9-15H2,1-3H3. The molecule has 33 heavy (non-hydrogen) atoms. The topological polar surface area (TPSA) is 93.7 Å². The second kappa shape index (κ2) is 7.39. The first-order chi connectivity index (χ1) is 15.8. The average molecular weight is 440 g/mol. The maximum absolute atomic E-state index is 14.2. The Morgan fingerprint density at radius 3 is 2.21 bits per heavy atom. The normalized spacial score (nSPS) is 27.6. The van der Waals surface area contributed by atoms with Gasteiger partial charge in [-0.3, -0.25) is 4.79 Å². The summed E-state index contributed by atoms with van der Waals surface area (Å²) >= 11 is 0.